The molecule has 5 nitrogen and oxygen atoms in total. The molecule has 0 heterocycles. The maximum absolute atomic E-state index is 12.1. The average Bonchev–Trinajstić information content (AvgIpc) is 2.26. The average molecular weight is 287 g/mol. The van der Waals surface area contributed by atoms with Gasteiger partial charge in [-0.05, 0) is 52.4 Å². The SMILES string of the molecule is CCC1CCC(C#N)(NS(=O)(=O)NC(C)(C)C)CC1. The van der Waals surface area contributed by atoms with Gasteiger partial charge < -0.3 is 0 Å². The van der Waals surface area contributed by atoms with Crippen molar-refractivity contribution in [3.8, 4) is 6.07 Å². The Morgan fingerprint density at radius 2 is 1.84 bits per heavy atom. The molecule has 1 fully saturated rings. The Balaban J connectivity index is 2.76. The fourth-order valence-corrected chi connectivity index (χ4v) is 4.12. The molecule has 0 amide bonds. The molecule has 110 valence electrons. The van der Waals surface area contributed by atoms with Crippen molar-refractivity contribution in [2.75, 3.05) is 0 Å². The van der Waals surface area contributed by atoms with Gasteiger partial charge in [0.15, 0.2) is 0 Å². The van der Waals surface area contributed by atoms with Crippen LogP contribution in [0.5, 0.6) is 0 Å². The number of nitrogens with zero attached hydrogens (tertiary/aromatic N) is 1. The summed E-state index contributed by atoms with van der Waals surface area (Å²) >= 11 is 0. The van der Waals surface area contributed by atoms with Crippen molar-refractivity contribution in [2.24, 2.45) is 5.92 Å². The predicted molar refractivity (Wildman–Crippen MR) is 75.5 cm³/mol. The van der Waals surface area contributed by atoms with Gasteiger partial charge in [0.05, 0.1) is 6.07 Å². The van der Waals surface area contributed by atoms with Crippen LogP contribution in [-0.4, -0.2) is 19.5 Å². The fourth-order valence-electron chi connectivity index (χ4n) is 2.50. The first-order chi connectivity index (χ1) is 8.61. The van der Waals surface area contributed by atoms with Crippen LogP contribution >= 0.6 is 0 Å². The Morgan fingerprint density at radius 3 is 2.21 bits per heavy atom. The molecule has 19 heavy (non-hydrogen) atoms. The van der Waals surface area contributed by atoms with Crippen molar-refractivity contribution in [3.05, 3.63) is 0 Å². The second-order valence-electron chi connectivity index (χ2n) is 6.50. The minimum atomic E-state index is -3.66. The number of hydrogen-bond acceptors (Lipinski definition) is 3. The van der Waals surface area contributed by atoms with Gasteiger partial charge in [0.2, 0.25) is 0 Å². The second kappa shape index (κ2) is 5.78. The summed E-state index contributed by atoms with van der Waals surface area (Å²) in [6.07, 6.45) is 4.08. The lowest BCUT2D eigenvalue weighted by atomic mass is 9.77. The van der Waals surface area contributed by atoms with Crippen LogP contribution in [0.15, 0.2) is 0 Å². The highest BCUT2D eigenvalue weighted by Crippen LogP contribution is 2.33. The summed E-state index contributed by atoms with van der Waals surface area (Å²) in [5, 5.41) is 9.36. The van der Waals surface area contributed by atoms with Crippen molar-refractivity contribution in [1.82, 2.24) is 9.44 Å². The quantitative estimate of drug-likeness (QED) is 0.830. The molecular formula is C13H25N3O2S. The van der Waals surface area contributed by atoms with E-state index < -0.39 is 21.3 Å². The van der Waals surface area contributed by atoms with Crippen molar-refractivity contribution >= 4 is 10.2 Å². The summed E-state index contributed by atoms with van der Waals surface area (Å²) in [4.78, 5) is 0. The van der Waals surface area contributed by atoms with Gasteiger partial charge >= 0.3 is 0 Å². The van der Waals surface area contributed by atoms with Gasteiger partial charge in [0.25, 0.3) is 10.2 Å². The summed E-state index contributed by atoms with van der Waals surface area (Å²) in [7, 11) is -3.66. The summed E-state index contributed by atoms with van der Waals surface area (Å²) in [6.45, 7) is 7.47. The van der Waals surface area contributed by atoms with Crippen LogP contribution in [0.25, 0.3) is 0 Å². The Labute approximate surface area is 117 Å². The molecule has 0 aliphatic heterocycles. The van der Waals surface area contributed by atoms with Gasteiger partial charge in [-0.1, -0.05) is 13.3 Å². The Morgan fingerprint density at radius 1 is 1.32 bits per heavy atom. The minimum Gasteiger partial charge on any atom is -0.197 e. The number of nitriles is 1. The Kier molecular flexibility index (Phi) is 4.99. The van der Waals surface area contributed by atoms with Gasteiger partial charge in [0.1, 0.15) is 5.54 Å². The number of nitrogens with one attached hydrogen (secondary N) is 2. The van der Waals surface area contributed by atoms with Crippen LogP contribution < -0.4 is 9.44 Å². The van der Waals surface area contributed by atoms with E-state index in [1.807, 2.05) is 0 Å². The van der Waals surface area contributed by atoms with Crippen LogP contribution in [0.1, 0.15) is 59.8 Å². The molecule has 1 aliphatic carbocycles. The highest BCUT2D eigenvalue weighted by atomic mass is 32.2. The zero-order valence-corrected chi connectivity index (χ0v) is 13.1. The van der Waals surface area contributed by atoms with E-state index in [0.29, 0.717) is 18.8 Å². The van der Waals surface area contributed by atoms with E-state index in [0.717, 1.165) is 19.3 Å². The van der Waals surface area contributed by atoms with E-state index in [-0.39, 0.29) is 0 Å². The molecule has 2 N–H and O–H groups in total. The number of rotatable bonds is 4. The highest BCUT2D eigenvalue weighted by Gasteiger charge is 2.39. The molecule has 1 saturated carbocycles. The summed E-state index contributed by atoms with van der Waals surface area (Å²) in [6, 6.07) is 2.17. The van der Waals surface area contributed by atoms with E-state index in [9.17, 15) is 13.7 Å². The smallest absolute Gasteiger partial charge is 0.197 e. The van der Waals surface area contributed by atoms with E-state index in [2.05, 4.69) is 22.4 Å². The van der Waals surface area contributed by atoms with Gasteiger partial charge in [-0.25, -0.2) is 0 Å². The molecule has 0 aromatic rings. The zero-order chi connectivity index (χ0) is 14.7. The molecule has 0 radical (unpaired) electrons. The maximum Gasteiger partial charge on any atom is 0.278 e. The summed E-state index contributed by atoms with van der Waals surface area (Å²) in [5.74, 6) is 0.613. The van der Waals surface area contributed by atoms with Crippen molar-refractivity contribution in [3.63, 3.8) is 0 Å². The van der Waals surface area contributed by atoms with E-state index in [1.54, 1.807) is 20.8 Å². The number of hydrogen-bond donors (Lipinski definition) is 2. The lowest BCUT2D eigenvalue weighted by molar-refractivity contribution is 0.257. The van der Waals surface area contributed by atoms with Crippen LogP contribution in [0.4, 0.5) is 0 Å². The molecular weight excluding hydrogens is 262 g/mol. The van der Waals surface area contributed by atoms with Crippen LogP contribution in [-0.2, 0) is 10.2 Å². The molecule has 0 aromatic heterocycles. The Hall–Kier alpha value is -0.640. The fraction of sp³-hybridized carbons (Fsp3) is 0.923. The maximum atomic E-state index is 12.1. The molecule has 6 heteroatoms. The van der Waals surface area contributed by atoms with Crippen molar-refractivity contribution < 1.29 is 8.42 Å². The van der Waals surface area contributed by atoms with Crippen LogP contribution in [0.2, 0.25) is 0 Å². The standard InChI is InChI=1S/C13H25N3O2S/c1-5-11-6-8-13(10-14,9-7-11)16-19(17,18)15-12(2,3)4/h11,15-16H,5-9H2,1-4H3. The minimum absolute atomic E-state index is 0.552. The molecule has 1 rings (SSSR count). The Bertz CT molecular complexity index is 437. The van der Waals surface area contributed by atoms with E-state index >= 15 is 0 Å². The zero-order valence-electron chi connectivity index (χ0n) is 12.3. The van der Waals surface area contributed by atoms with Crippen LogP contribution in [0, 0.1) is 17.2 Å². The highest BCUT2D eigenvalue weighted by molar-refractivity contribution is 7.87. The second-order valence-corrected chi connectivity index (χ2v) is 7.92. The van der Waals surface area contributed by atoms with Crippen molar-refractivity contribution in [2.45, 2.75) is 70.9 Å². The third-order valence-corrected chi connectivity index (χ3v) is 5.06. The van der Waals surface area contributed by atoms with E-state index in [1.165, 1.54) is 0 Å². The van der Waals surface area contributed by atoms with Gasteiger partial charge in [-0.15, -0.1) is 0 Å². The van der Waals surface area contributed by atoms with E-state index in [4.69, 9.17) is 0 Å². The molecule has 0 bridgehead atoms. The summed E-state index contributed by atoms with van der Waals surface area (Å²) in [5.41, 5.74) is -1.49. The van der Waals surface area contributed by atoms with Crippen molar-refractivity contribution in [1.29, 1.82) is 5.26 Å². The topological polar surface area (TPSA) is 82.0 Å². The lowest BCUT2D eigenvalue weighted by Gasteiger charge is -2.35. The van der Waals surface area contributed by atoms with Crippen LogP contribution in [0.3, 0.4) is 0 Å². The third kappa shape index (κ3) is 5.09. The molecule has 1 aliphatic rings. The molecule has 0 aromatic carbocycles. The molecule has 0 spiro atoms. The third-order valence-electron chi connectivity index (χ3n) is 3.52. The first-order valence-electron chi connectivity index (χ1n) is 6.85. The van der Waals surface area contributed by atoms with Gasteiger partial charge in [-0.2, -0.15) is 23.1 Å². The lowest BCUT2D eigenvalue weighted by Crippen LogP contribution is -2.56. The first-order valence-corrected chi connectivity index (χ1v) is 8.34. The molecule has 0 unspecified atom stereocenters. The van der Waals surface area contributed by atoms with Gasteiger partial charge in [-0.3, -0.25) is 0 Å². The largest absolute Gasteiger partial charge is 0.278 e. The summed E-state index contributed by atoms with van der Waals surface area (Å²) < 4.78 is 29.2. The first kappa shape index (κ1) is 16.4. The molecule has 0 atom stereocenters. The van der Waals surface area contributed by atoms with Gasteiger partial charge in [0, 0.05) is 5.54 Å². The monoisotopic (exact) mass is 287 g/mol. The molecule has 0 saturated heterocycles. The normalized spacial score (nSPS) is 28.9. The predicted octanol–water partition coefficient (Wildman–Crippen LogP) is 2.07.